The van der Waals surface area contributed by atoms with E-state index in [1.807, 2.05) is 36.4 Å². The van der Waals surface area contributed by atoms with E-state index in [1.54, 1.807) is 0 Å². The van der Waals surface area contributed by atoms with Crippen LogP contribution < -0.4 is 15.8 Å². The number of rotatable bonds is 6. The number of anilines is 2. The minimum atomic E-state index is -0.210. The van der Waals surface area contributed by atoms with Gasteiger partial charge in [-0.15, -0.1) is 0 Å². The van der Waals surface area contributed by atoms with E-state index in [2.05, 4.69) is 34.3 Å². The summed E-state index contributed by atoms with van der Waals surface area (Å²) in [7, 11) is 1.43. The number of benzene rings is 2. The molecule has 1 fully saturated rings. The van der Waals surface area contributed by atoms with Crippen molar-refractivity contribution in [2.75, 3.05) is 23.9 Å². The van der Waals surface area contributed by atoms with Crippen LogP contribution in [0.5, 0.6) is 0 Å². The van der Waals surface area contributed by atoms with E-state index in [1.165, 1.54) is 12.7 Å². The number of carbonyl (C=O) groups excluding carboxylic acids is 1. The second-order valence-corrected chi connectivity index (χ2v) is 7.67. The van der Waals surface area contributed by atoms with Crippen LogP contribution in [0, 0.1) is 0 Å². The van der Waals surface area contributed by atoms with E-state index in [9.17, 15) is 9.59 Å². The maximum absolute atomic E-state index is 12.5. The Kier molecular flexibility index (Phi) is 5.74. The number of esters is 1. The number of nitrogens with one attached hydrogen (secondary N) is 2. The average molecular weight is 405 g/mol. The first-order chi connectivity index (χ1) is 14.6. The Balaban J connectivity index is 1.46. The molecule has 2 N–H and O–H groups in total. The lowest BCUT2D eigenvalue weighted by molar-refractivity contribution is -0.141. The summed E-state index contributed by atoms with van der Waals surface area (Å²) in [5.74, 6) is -0.184. The fourth-order valence-electron chi connectivity index (χ4n) is 4.07. The van der Waals surface area contributed by atoms with Crippen LogP contribution in [-0.4, -0.2) is 30.6 Å². The van der Waals surface area contributed by atoms with Gasteiger partial charge in [0.2, 0.25) is 0 Å². The van der Waals surface area contributed by atoms with E-state index in [0.717, 1.165) is 48.1 Å². The molecule has 0 spiro atoms. The molecule has 6 nitrogen and oxygen atoms in total. The number of hydrogen-bond acceptors (Lipinski definition) is 5. The molecule has 0 radical (unpaired) electrons. The first-order valence-corrected chi connectivity index (χ1v) is 10.4. The van der Waals surface area contributed by atoms with Gasteiger partial charge < -0.3 is 19.9 Å². The summed E-state index contributed by atoms with van der Waals surface area (Å²) >= 11 is 0. The molecule has 1 aliphatic heterocycles. The van der Waals surface area contributed by atoms with Gasteiger partial charge in [0.15, 0.2) is 0 Å². The summed E-state index contributed by atoms with van der Waals surface area (Å²) in [6.45, 7) is 3.38. The molecule has 0 bridgehead atoms. The molecule has 0 aliphatic carbocycles. The van der Waals surface area contributed by atoms with Crippen LogP contribution in [0.1, 0.15) is 30.9 Å². The molecule has 3 aromatic rings. The van der Waals surface area contributed by atoms with E-state index >= 15 is 0 Å². The number of H-pyrrole nitrogens is 1. The molecule has 1 aliphatic rings. The van der Waals surface area contributed by atoms with Gasteiger partial charge >= 0.3 is 5.97 Å². The molecule has 6 heteroatoms. The van der Waals surface area contributed by atoms with Gasteiger partial charge in [0, 0.05) is 35.5 Å². The molecular weight excluding hydrogens is 378 g/mol. The number of ether oxygens (including phenoxy) is 1. The van der Waals surface area contributed by atoms with Gasteiger partial charge in [-0.25, -0.2) is 4.79 Å². The maximum Gasteiger partial charge on any atom is 0.328 e. The van der Waals surface area contributed by atoms with Gasteiger partial charge in [-0.05, 0) is 66.6 Å². The molecule has 30 heavy (non-hydrogen) atoms. The smallest absolute Gasteiger partial charge is 0.328 e. The summed E-state index contributed by atoms with van der Waals surface area (Å²) in [6.07, 6.45) is 2.73. The Morgan fingerprint density at radius 1 is 1.20 bits per heavy atom. The summed E-state index contributed by atoms with van der Waals surface area (Å²) in [5.41, 5.74) is 4.63. The molecule has 4 rings (SSSR count). The van der Waals surface area contributed by atoms with Crippen molar-refractivity contribution in [2.45, 2.75) is 38.8 Å². The number of aryl methyl sites for hydroxylation is 1. The highest BCUT2D eigenvalue weighted by Crippen LogP contribution is 2.27. The second-order valence-electron chi connectivity index (χ2n) is 7.67. The van der Waals surface area contributed by atoms with Crippen LogP contribution in [0.2, 0.25) is 0 Å². The Morgan fingerprint density at radius 3 is 2.73 bits per heavy atom. The highest BCUT2D eigenvalue weighted by atomic mass is 16.5. The third-order valence-electron chi connectivity index (χ3n) is 5.80. The van der Waals surface area contributed by atoms with E-state index in [4.69, 9.17) is 4.74 Å². The molecule has 0 unspecified atom stereocenters. The van der Waals surface area contributed by atoms with E-state index < -0.39 is 0 Å². The van der Waals surface area contributed by atoms with Crippen molar-refractivity contribution in [3.8, 4) is 0 Å². The molecule has 1 saturated heterocycles. The lowest BCUT2D eigenvalue weighted by Crippen LogP contribution is -2.36. The van der Waals surface area contributed by atoms with Gasteiger partial charge in [0.05, 0.1) is 7.11 Å². The van der Waals surface area contributed by atoms with E-state index in [0.29, 0.717) is 12.1 Å². The number of hydrogen-bond donors (Lipinski definition) is 2. The first-order valence-electron chi connectivity index (χ1n) is 10.4. The van der Waals surface area contributed by atoms with Crippen molar-refractivity contribution < 1.29 is 9.53 Å². The third kappa shape index (κ3) is 4.03. The van der Waals surface area contributed by atoms with Gasteiger partial charge in [-0.2, -0.15) is 0 Å². The molecule has 1 aromatic heterocycles. The normalized spacial score (nSPS) is 16.1. The number of nitrogens with zero attached hydrogens (tertiary/aromatic N) is 1. The molecule has 2 heterocycles. The summed E-state index contributed by atoms with van der Waals surface area (Å²) in [6, 6.07) is 15.9. The molecule has 0 saturated carbocycles. The Hall–Kier alpha value is -3.28. The second kappa shape index (κ2) is 8.61. The number of aromatic nitrogens is 1. The summed E-state index contributed by atoms with van der Waals surface area (Å²) < 4.78 is 4.93. The van der Waals surface area contributed by atoms with Crippen molar-refractivity contribution >= 4 is 28.2 Å². The topological polar surface area (TPSA) is 74.4 Å². The minimum absolute atomic E-state index is 0.0714. The highest BCUT2D eigenvalue weighted by molar-refractivity contribution is 5.81. The monoisotopic (exact) mass is 405 g/mol. The zero-order valence-electron chi connectivity index (χ0n) is 17.4. The van der Waals surface area contributed by atoms with Crippen molar-refractivity contribution in [3.05, 3.63) is 70.0 Å². The van der Waals surface area contributed by atoms with Crippen molar-refractivity contribution in [2.24, 2.45) is 0 Å². The number of aromatic amines is 1. The fraction of sp³-hybridized carbons (Fsp3) is 0.333. The van der Waals surface area contributed by atoms with Crippen molar-refractivity contribution in [1.82, 2.24) is 4.98 Å². The molecule has 156 valence electrons. The lowest BCUT2D eigenvalue weighted by atomic mass is 10.1. The molecule has 0 amide bonds. The summed E-state index contributed by atoms with van der Waals surface area (Å²) in [4.78, 5) is 29.5. The molecule has 2 aromatic carbocycles. The van der Waals surface area contributed by atoms with Crippen LogP contribution in [0.15, 0.2) is 53.3 Å². The number of pyridine rings is 1. The first kappa shape index (κ1) is 20.0. The summed E-state index contributed by atoms with van der Waals surface area (Å²) in [5, 5.41) is 4.35. The Morgan fingerprint density at radius 2 is 2.00 bits per heavy atom. The zero-order valence-corrected chi connectivity index (χ0v) is 17.4. The predicted molar refractivity (Wildman–Crippen MR) is 120 cm³/mol. The highest BCUT2D eigenvalue weighted by Gasteiger charge is 2.31. The lowest BCUT2D eigenvalue weighted by Gasteiger charge is -2.25. The fourth-order valence-corrected chi connectivity index (χ4v) is 4.07. The number of fused-ring (bicyclic) bond motifs is 1. The standard InChI is InChI=1S/C24H27N3O3/c1-3-16-6-7-17-14-18(23(28)26-21(17)13-16)15-25-19-8-10-20(11-9-19)27-12-4-5-22(27)24(29)30-2/h6-11,13-14,22,25H,3-5,12,15H2,1-2H3,(H,26,28)/t22-/m1/s1. The van der Waals surface area contributed by atoms with Gasteiger partial charge in [0.25, 0.3) is 5.56 Å². The quantitative estimate of drug-likeness (QED) is 0.610. The third-order valence-corrected chi connectivity index (χ3v) is 5.80. The number of methoxy groups -OCH3 is 1. The van der Waals surface area contributed by atoms with Crippen LogP contribution in [-0.2, 0) is 22.5 Å². The van der Waals surface area contributed by atoms with Crippen LogP contribution in [0.3, 0.4) is 0 Å². The van der Waals surface area contributed by atoms with Crippen LogP contribution in [0.25, 0.3) is 10.9 Å². The van der Waals surface area contributed by atoms with Crippen molar-refractivity contribution in [3.63, 3.8) is 0 Å². The largest absolute Gasteiger partial charge is 0.467 e. The predicted octanol–water partition coefficient (Wildman–Crippen LogP) is 3.84. The minimum Gasteiger partial charge on any atom is -0.467 e. The SMILES string of the molecule is CCc1ccc2cc(CNc3ccc(N4CCC[C@@H]4C(=O)OC)cc3)c(=O)[nH]c2c1. The number of carbonyl (C=O) groups is 1. The Bertz CT molecular complexity index is 1100. The Labute approximate surface area is 175 Å². The molecule has 1 atom stereocenters. The maximum atomic E-state index is 12.5. The average Bonchev–Trinajstić information content (AvgIpc) is 3.27. The zero-order chi connectivity index (χ0) is 21.1. The van der Waals surface area contributed by atoms with E-state index in [-0.39, 0.29) is 17.6 Å². The van der Waals surface area contributed by atoms with Crippen LogP contribution >= 0.6 is 0 Å². The van der Waals surface area contributed by atoms with Crippen LogP contribution in [0.4, 0.5) is 11.4 Å². The van der Waals surface area contributed by atoms with Gasteiger partial charge in [0.1, 0.15) is 6.04 Å². The van der Waals surface area contributed by atoms with Gasteiger partial charge in [-0.1, -0.05) is 19.1 Å². The molecular formula is C24H27N3O3. The van der Waals surface area contributed by atoms with Crippen molar-refractivity contribution in [1.29, 1.82) is 0 Å². The van der Waals surface area contributed by atoms with Gasteiger partial charge in [-0.3, -0.25) is 4.79 Å².